The molecule has 1 heterocycles. The molecule has 138 valence electrons. The average Bonchev–Trinajstić information content (AvgIpc) is 3.16. The van der Waals surface area contributed by atoms with Gasteiger partial charge in [0.2, 0.25) is 11.1 Å². The number of nitro benzene ring substituents is 1. The second-order valence-electron chi connectivity index (χ2n) is 5.19. The number of carbonyl (C=O) groups is 1. The fourth-order valence-corrected chi connectivity index (χ4v) is 2.90. The number of nitrogens with zero attached hydrogens (tertiary/aromatic N) is 5. The first-order valence-corrected chi connectivity index (χ1v) is 8.66. The highest BCUT2D eigenvalue weighted by atomic mass is 32.2. The SMILES string of the molecule is COc1cc([N+](=O)[O-])ccc1NC(=O)CSc1nnnn1-c1ccccc1. The molecule has 3 rings (SSSR count). The summed E-state index contributed by atoms with van der Waals surface area (Å²) in [5.74, 6) is -0.0701. The number of rotatable bonds is 7. The van der Waals surface area contributed by atoms with Crippen molar-refractivity contribution < 1.29 is 14.5 Å². The zero-order chi connectivity index (χ0) is 19.2. The van der Waals surface area contributed by atoms with Gasteiger partial charge in [-0.2, -0.15) is 4.68 Å². The van der Waals surface area contributed by atoms with Crippen LogP contribution in [0.4, 0.5) is 11.4 Å². The van der Waals surface area contributed by atoms with E-state index in [0.717, 1.165) is 17.4 Å². The maximum absolute atomic E-state index is 12.2. The van der Waals surface area contributed by atoms with Gasteiger partial charge in [0.15, 0.2) is 0 Å². The minimum absolute atomic E-state index is 0.0490. The standard InChI is InChI=1S/C16H14N6O4S/c1-26-14-9-12(22(24)25)7-8-13(14)17-15(23)10-27-16-18-19-20-21(16)11-5-3-2-4-6-11/h2-9H,10H2,1H3,(H,17,23). The number of thioether (sulfide) groups is 1. The number of anilines is 1. The van der Waals surface area contributed by atoms with Crippen LogP contribution in [0.3, 0.4) is 0 Å². The summed E-state index contributed by atoms with van der Waals surface area (Å²) in [6, 6.07) is 13.3. The number of ether oxygens (including phenoxy) is 1. The molecular formula is C16H14N6O4S. The molecule has 0 radical (unpaired) electrons. The van der Waals surface area contributed by atoms with Crippen LogP contribution in [-0.4, -0.2) is 43.9 Å². The molecule has 0 aliphatic carbocycles. The normalized spacial score (nSPS) is 10.4. The summed E-state index contributed by atoms with van der Waals surface area (Å²) in [6.07, 6.45) is 0. The highest BCUT2D eigenvalue weighted by Gasteiger charge is 2.15. The lowest BCUT2D eigenvalue weighted by molar-refractivity contribution is -0.384. The summed E-state index contributed by atoms with van der Waals surface area (Å²) in [5.41, 5.74) is 1.00. The molecule has 0 unspecified atom stereocenters. The van der Waals surface area contributed by atoms with E-state index in [1.165, 1.54) is 30.0 Å². The smallest absolute Gasteiger partial charge is 0.273 e. The van der Waals surface area contributed by atoms with Gasteiger partial charge in [0.05, 0.1) is 35.2 Å². The van der Waals surface area contributed by atoms with Gasteiger partial charge in [-0.25, -0.2) is 0 Å². The maximum atomic E-state index is 12.2. The number of non-ortho nitro benzene ring substituents is 1. The lowest BCUT2D eigenvalue weighted by atomic mass is 10.2. The van der Waals surface area contributed by atoms with Crippen molar-refractivity contribution >= 4 is 29.0 Å². The summed E-state index contributed by atoms with van der Waals surface area (Å²) in [7, 11) is 1.37. The number of benzene rings is 2. The number of methoxy groups -OCH3 is 1. The summed E-state index contributed by atoms with van der Waals surface area (Å²) in [5, 5.41) is 25.4. The zero-order valence-electron chi connectivity index (χ0n) is 14.1. The average molecular weight is 386 g/mol. The van der Waals surface area contributed by atoms with E-state index < -0.39 is 4.92 Å². The summed E-state index contributed by atoms with van der Waals surface area (Å²) in [6.45, 7) is 0. The molecule has 0 atom stereocenters. The Morgan fingerprint density at radius 3 is 2.78 bits per heavy atom. The van der Waals surface area contributed by atoms with Gasteiger partial charge in [-0.1, -0.05) is 30.0 Å². The fraction of sp³-hybridized carbons (Fsp3) is 0.125. The number of nitro groups is 1. The number of hydrogen-bond donors (Lipinski definition) is 1. The Bertz CT molecular complexity index is 963. The van der Waals surface area contributed by atoms with Crippen molar-refractivity contribution in [3.05, 3.63) is 58.6 Å². The molecule has 27 heavy (non-hydrogen) atoms. The van der Waals surface area contributed by atoms with Crippen molar-refractivity contribution in [1.82, 2.24) is 20.2 Å². The molecule has 10 nitrogen and oxygen atoms in total. The van der Waals surface area contributed by atoms with Crippen molar-refractivity contribution in [2.75, 3.05) is 18.2 Å². The minimum atomic E-state index is -0.534. The van der Waals surface area contributed by atoms with Crippen LogP contribution in [0.1, 0.15) is 0 Å². The number of aromatic nitrogens is 4. The molecular weight excluding hydrogens is 372 g/mol. The van der Waals surface area contributed by atoms with Gasteiger partial charge in [-0.05, 0) is 28.6 Å². The highest BCUT2D eigenvalue weighted by molar-refractivity contribution is 7.99. The monoisotopic (exact) mass is 386 g/mol. The Labute approximate surface area is 157 Å². The lowest BCUT2D eigenvalue weighted by Gasteiger charge is -2.09. The third-order valence-electron chi connectivity index (χ3n) is 3.44. The van der Waals surface area contributed by atoms with Gasteiger partial charge in [0.25, 0.3) is 5.69 Å². The number of hydrogen-bond acceptors (Lipinski definition) is 8. The quantitative estimate of drug-likeness (QED) is 0.372. The van der Waals surface area contributed by atoms with Crippen LogP contribution in [0, 0.1) is 10.1 Å². The van der Waals surface area contributed by atoms with Crippen LogP contribution >= 0.6 is 11.8 Å². The van der Waals surface area contributed by atoms with E-state index in [2.05, 4.69) is 20.8 Å². The van der Waals surface area contributed by atoms with Gasteiger partial charge < -0.3 is 10.1 Å². The van der Waals surface area contributed by atoms with E-state index in [1.807, 2.05) is 30.3 Å². The van der Waals surface area contributed by atoms with Crippen LogP contribution in [0.25, 0.3) is 5.69 Å². The molecule has 2 aromatic carbocycles. The van der Waals surface area contributed by atoms with Crippen LogP contribution in [0.15, 0.2) is 53.7 Å². The van der Waals surface area contributed by atoms with Crippen molar-refractivity contribution in [2.24, 2.45) is 0 Å². The fourth-order valence-electron chi connectivity index (χ4n) is 2.21. The van der Waals surface area contributed by atoms with Crippen LogP contribution in [0.2, 0.25) is 0 Å². The zero-order valence-corrected chi connectivity index (χ0v) is 14.9. The van der Waals surface area contributed by atoms with Crippen LogP contribution < -0.4 is 10.1 Å². The molecule has 0 aliphatic rings. The second kappa shape index (κ2) is 8.27. The lowest BCUT2D eigenvalue weighted by Crippen LogP contribution is -2.15. The van der Waals surface area contributed by atoms with Crippen molar-refractivity contribution in [2.45, 2.75) is 5.16 Å². The van der Waals surface area contributed by atoms with E-state index in [0.29, 0.717) is 10.8 Å². The summed E-state index contributed by atoms with van der Waals surface area (Å²) in [4.78, 5) is 22.5. The molecule has 1 aromatic heterocycles. The van der Waals surface area contributed by atoms with E-state index in [1.54, 1.807) is 0 Å². The predicted molar refractivity (Wildman–Crippen MR) is 98.2 cm³/mol. The molecule has 3 aromatic rings. The molecule has 0 bridgehead atoms. The third kappa shape index (κ3) is 4.39. The first-order valence-electron chi connectivity index (χ1n) is 7.67. The number of nitrogens with one attached hydrogen (secondary N) is 1. The number of tetrazole rings is 1. The van der Waals surface area contributed by atoms with Gasteiger partial charge in [0, 0.05) is 6.07 Å². The number of amides is 1. The minimum Gasteiger partial charge on any atom is -0.494 e. The first-order chi connectivity index (χ1) is 13.1. The van der Waals surface area contributed by atoms with Crippen LogP contribution in [-0.2, 0) is 4.79 Å². The first kappa shape index (κ1) is 18.3. The number of para-hydroxylation sites is 1. The Balaban J connectivity index is 1.66. The van der Waals surface area contributed by atoms with Gasteiger partial charge in [-0.3, -0.25) is 14.9 Å². The predicted octanol–water partition coefficient (Wildman–Crippen LogP) is 2.31. The van der Waals surface area contributed by atoms with Gasteiger partial charge >= 0.3 is 0 Å². The number of carbonyl (C=O) groups excluding carboxylic acids is 1. The molecule has 0 saturated carbocycles. The molecule has 11 heteroatoms. The van der Waals surface area contributed by atoms with Gasteiger partial charge in [0.1, 0.15) is 5.75 Å². The van der Waals surface area contributed by atoms with E-state index in [-0.39, 0.29) is 23.1 Å². The second-order valence-corrected chi connectivity index (χ2v) is 6.13. The topological polar surface area (TPSA) is 125 Å². The molecule has 0 aliphatic heterocycles. The third-order valence-corrected chi connectivity index (χ3v) is 4.36. The van der Waals surface area contributed by atoms with E-state index in [4.69, 9.17) is 4.74 Å². The Hall–Kier alpha value is -3.47. The van der Waals surface area contributed by atoms with Crippen molar-refractivity contribution in [3.63, 3.8) is 0 Å². The van der Waals surface area contributed by atoms with Crippen molar-refractivity contribution in [3.8, 4) is 11.4 Å². The van der Waals surface area contributed by atoms with Crippen LogP contribution in [0.5, 0.6) is 5.75 Å². The molecule has 0 fully saturated rings. The van der Waals surface area contributed by atoms with E-state index >= 15 is 0 Å². The van der Waals surface area contributed by atoms with Crippen molar-refractivity contribution in [1.29, 1.82) is 0 Å². The highest BCUT2D eigenvalue weighted by Crippen LogP contribution is 2.29. The Kier molecular flexibility index (Phi) is 5.61. The molecule has 0 spiro atoms. The maximum Gasteiger partial charge on any atom is 0.273 e. The molecule has 1 N–H and O–H groups in total. The van der Waals surface area contributed by atoms with E-state index in [9.17, 15) is 14.9 Å². The Morgan fingerprint density at radius 2 is 2.07 bits per heavy atom. The molecule has 0 saturated heterocycles. The largest absolute Gasteiger partial charge is 0.494 e. The Morgan fingerprint density at radius 1 is 1.30 bits per heavy atom. The summed E-state index contributed by atoms with van der Waals surface area (Å²) >= 11 is 1.16. The van der Waals surface area contributed by atoms with Gasteiger partial charge in [-0.15, -0.1) is 5.10 Å². The molecule has 1 amide bonds. The summed E-state index contributed by atoms with van der Waals surface area (Å²) < 4.78 is 6.63.